The first-order chi connectivity index (χ1) is 8.90. The second-order valence-corrected chi connectivity index (χ2v) is 6.51. The largest absolute Gasteiger partial charge is 0.390 e. The molecular weight excluding hydrogens is 260 g/mol. The van der Waals surface area contributed by atoms with E-state index in [9.17, 15) is 10.2 Å². The van der Waals surface area contributed by atoms with Crippen LogP contribution in [0.4, 0.5) is 0 Å². The Balaban J connectivity index is 2.06. The highest BCUT2D eigenvalue weighted by Gasteiger charge is 2.38. The van der Waals surface area contributed by atoms with Crippen LogP contribution in [-0.2, 0) is 6.42 Å². The number of halogens is 1. The van der Waals surface area contributed by atoms with Crippen molar-refractivity contribution in [1.29, 1.82) is 0 Å². The Morgan fingerprint density at radius 3 is 2.58 bits per heavy atom. The number of aryl methyl sites for hydroxylation is 1. The Kier molecular flexibility index (Phi) is 4.54. The molecule has 1 aliphatic carbocycles. The van der Waals surface area contributed by atoms with Gasteiger partial charge in [-0.1, -0.05) is 30.7 Å². The molecule has 1 fully saturated rings. The van der Waals surface area contributed by atoms with Crippen LogP contribution in [0.15, 0.2) is 18.2 Å². The highest BCUT2D eigenvalue weighted by molar-refractivity contribution is 6.31. The summed E-state index contributed by atoms with van der Waals surface area (Å²) < 4.78 is 0. The summed E-state index contributed by atoms with van der Waals surface area (Å²) in [6, 6.07) is 5.83. The molecule has 2 rings (SSSR count). The maximum atomic E-state index is 10.6. The van der Waals surface area contributed by atoms with E-state index in [0.29, 0.717) is 30.2 Å². The molecule has 0 radical (unpaired) electrons. The zero-order chi connectivity index (χ0) is 14.0. The molecule has 1 aromatic carbocycles. The Hall–Kier alpha value is -0.570. The van der Waals surface area contributed by atoms with Gasteiger partial charge in [-0.25, -0.2) is 0 Å². The second kappa shape index (κ2) is 5.82. The number of hydrogen-bond acceptors (Lipinski definition) is 2. The van der Waals surface area contributed by atoms with Crippen molar-refractivity contribution in [3.8, 4) is 0 Å². The minimum absolute atomic E-state index is 0.421. The first-order valence-electron chi connectivity index (χ1n) is 7.06. The molecule has 0 aliphatic heterocycles. The van der Waals surface area contributed by atoms with Crippen molar-refractivity contribution in [3.63, 3.8) is 0 Å². The molecule has 0 spiro atoms. The first-order valence-corrected chi connectivity index (χ1v) is 7.44. The maximum absolute atomic E-state index is 10.6. The second-order valence-electron chi connectivity index (χ2n) is 6.10. The van der Waals surface area contributed by atoms with Crippen molar-refractivity contribution in [2.24, 2.45) is 5.92 Å². The third kappa shape index (κ3) is 3.50. The highest BCUT2D eigenvalue weighted by Crippen LogP contribution is 2.35. The molecule has 0 bridgehead atoms. The third-order valence-corrected chi connectivity index (χ3v) is 4.73. The minimum Gasteiger partial charge on any atom is -0.390 e. The molecule has 1 aromatic rings. The van der Waals surface area contributed by atoms with Gasteiger partial charge in [0, 0.05) is 11.4 Å². The van der Waals surface area contributed by atoms with Gasteiger partial charge < -0.3 is 10.2 Å². The Morgan fingerprint density at radius 2 is 2.00 bits per heavy atom. The number of benzene rings is 1. The molecule has 3 heteroatoms. The average Bonchev–Trinajstić information content (AvgIpc) is 2.36. The number of aliphatic hydroxyl groups is 2. The van der Waals surface area contributed by atoms with Crippen molar-refractivity contribution < 1.29 is 10.2 Å². The first kappa shape index (κ1) is 14.8. The van der Waals surface area contributed by atoms with Gasteiger partial charge in [-0.3, -0.25) is 0 Å². The summed E-state index contributed by atoms with van der Waals surface area (Å²) in [6.45, 7) is 4.19. The number of aliphatic hydroxyl groups excluding tert-OH is 1. The molecule has 0 heterocycles. The van der Waals surface area contributed by atoms with Gasteiger partial charge in [-0.2, -0.15) is 0 Å². The van der Waals surface area contributed by atoms with Crippen LogP contribution in [0.3, 0.4) is 0 Å². The van der Waals surface area contributed by atoms with Crippen LogP contribution in [0.25, 0.3) is 0 Å². The fourth-order valence-electron chi connectivity index (χ4n) is 2.81. The lowest BCUT2D eigenvalue weighted by Crippen LogP contribution is -2.46. The van der Waals surface area contributed by atoms with Crippen LogP contribution in [0.2, 0.25) is 5.02 Å². The van der Waals surface area contributed by atoms with Crippen LogP contribution in [-0.4, -0.2) is 21.9 Å². The summed E-state index contributed by atoms with van der Waals surface area (Å²) in [6.07, 6.45) is 3.01. The molecule has 19 heavy (non-hydrogen) atoms. The Morgan fingerprint density at radius 1 is 1.37 bits per heavy atom. The molecule has 0 amide bonds. The van der Waals surface area contributed by atoms with E-state index >= 15 is 0 Å². The van der Waals surface area contributed by atoms with Gasteiger partial charge in [0.25, 0.3) is 0 Å². The zero-order valence-electron chi connectivity index (χ0n) is 11.7. The van der Waals surface area contributed by atoms with Crippen molar-refractivity contribution in [2.45, 2.75) is 57.7 Å². The van der Waals surface area contributed by atoms with Gasteiger partial charge in [0.2, 0.25) is 0 Å². The quantitative estimate of drug-likeness (QED) is 0.891. The minimum atomic E-state index is -0.944. The SMILES string of the molecule is Cc1ccc(CC(O)C2(O)CCC(C)CC2)c(Cl)c1. The van der Waals surface area contributed by atoms with Gasteiger partial charge in [0.15, 0.2) is 0 Å². The van der Waals surface area contributed by atoms with Crippen molar-refractivity contribution in [3.05, 3.63) is 34.3 Å². The van der Waals surface area contributed by atoms with Gasteiger partial charge in [-0.15, -0.1) is 0 Å². The predicted octanol–water partition coefficient (Wildman–Crippen LogP) is 3.49. The molecule has 0 aromatic heterocycles. The zero-order valence-corrected chi connectivity index (χ0v) is 12.5. The van der Waals surface area contributed by atoms with E-state index < -0.39 is 11.7 Å². The Bertz CT molecular complexity index is 436. The van der Waals surface area contributed by atoms with Crippen molar-refractivity contribution >= 4 is 11.6 Å². The normalized spacial score (nSPS) is 29.2. The summed E-state index contributed by atoms with van der Waals surface area (Å²) in [5.41, 5.74) is 1.07. The van der Waals surface area contributed by atoms with E-state index in [1.54, 1.807) is 0 Å². The van der Waals surface area contributed by atoms with Gasteiger partial charge in [0.05, 0.1) is 11.7 Å². The lowest BCUT2D eigenvalue weighted by atomic mass is 9.75. The summed E-state index contributed by atoms with van der Waals surface area (Å²) in [4.78, 5) is 0. The smallest absolute Gasteiger partial charge is 0.0909 e. The summed E-state index contributed by atoms with van der Waals surface area (Å²) in [5.74, 6) is 0.649. The van der Waals surface area contributed by atoms with E-state index in [-0.39, 0.29) is 0 Å². The number of hydrogen-bond donors (Lipinski definition) is 2. The molecule has 1 unspecified atom stereocenters. The van der Waals surface area contributed by atoms with Crippen LogP contribution < -0.4 is 0 Å². The van der Waals surface area contributed by atoms with Crippen LogP contribution in [0, 0.1) is 12.8 Å². The fourth-order valence-corrected chi connectivity index (χ4v) is 3.12. The fraction of sp³-hybridized carbons (Fsp3) is 0.625. The van der Waals surface area contributed by atoms with E-state index in [0.717, 1.165) is 24.0 Å². The molecule has 1 atom stereocenters. The summed E-state index contributed by atoms with van der Waals surface area (Å²) in [7, 11) is 0. The third-order valence-electron chi connectivity index (χ3n) is 4.38. The molecule has 1 aliphatic rings. The molecular formula is C16H23ClO2. The Labute approximate surface area is 120 Å². The molecule has 0 saturated heterocycles. The maximum Gasteiger partial charge on any atom is 0.0909 e. The lowest BCUT2D eigenvalue weighted by molar-refractivity contribution is -0.102. The van der Waals surface area contributed by atoms with Gasteiger partial charge in [0.1, 0.15) is 0 Å². The summed E-state index contributed by atoms with van der Waals surface area (Å²) >= 11 is 6.19. The monoisotopic (exact) mass is 282 g/mol. The summed E-state index contributed by atoms with van der Waals surface area (Å²) in [5, 5.41) is 21.6. The van der Waals surface area contributed by atoms with E-state index in [1.807, 2.05) is 25.1 Å². The molecule has 2 N–H and O–H groups in total. The van der Waals surface area contributed by atoms with E-state index in [1.165, 1.54) is 0 Å². The van der Waals surface area contributed by atoms with E-state index in [4.69, 9.17) is 11.6 Å². The lowest BCUT2D eigenvalue weighted by Gasteiger charge is -2.38. The topological polar surface area (TPSA) is 40.5 Å². The van der Waals surface area contributed by atoms with Crippen LogP contribution >= 0.6 is 11.6 Å². The van der Waals surface area contributed by atoms with Crippen molar-refractivity contribution in [2.75, 3.05) is 0 Å². The van der Waals surface area contributed by atoms with Gasteiger partial charge in [-0.05, 0) is 55.7 Å². The number of rotatable bonds is 3. The van der Waals surface area contributed by atoms with E-state index in [2.05, 4.69) is 6.92 Å². The molecule has 1 saturated carbocycles. The highest BCUT2D eigenvalue weighted by atomic mass is 35.5. The molecule has 106 valence electrons. The van der Waals surface area contributed by atoms with Gasteiger partial charge >= 0.3 is 0 Å². The van der Waals surface area contributed by atoms with Crippen LogP contribution in [0.1, 0.15) is 43.7 Å². The van der Waals surface area contributed by atoms with Crippen molar-refractivity contribution in [1.82, 2.24) is 0 Å². The average molecular weight is 283 g/mol. The standard InChI is InChI=1S/C16H23ClO2/c1-11-5-7-16(19,8-6-11)15(18)10-13-4-3-12(2)9-14(13)17/h3-4,9,11,15,18-19H,5-8,10H2,1-2H3. The molecule has 2 nitrogen and oxygen atoms in total. The van der Waals surface area contributed by atoms with Crippen LogP contribution in [0.5, 0.6) is 0 Å². The predicted molar refractivity (Wildman–Crippen MR) is 78.5 cm³/mol.